The van der Waals surface area contributed by atoms with Crippen LogP contribution in [0.4, 0.5) is 0 Å². The number of aryl methyl sites for hydroxylation is 2. The van der Waals surface area contributed by atoms with Crippen LogP contribution in [0.5, 0.6) is 11.6 Å². The van der Waals surface area contributed by atoms with Gasteiger partial charge in [-0.05, 0) is 37.6 Å². The van der Waals surface area contributed by atoms with Crippen LogP contribution in [0.1, 0.15) is 11.4 Å². The molecule has 0 N–H and O–H groups in total. The third kappa shape index (κ3) is 3.27. The topological polar surface area (TPSA) is 57.1 Å². The second kappa shape index (κ2) is 7.27. The SMILES string of the molecule is COc1cc(-c2cc3c(-c4cccc(C)c4)nc(C)nc3cc2OC)ccn1. The lowest BCUT2D eigenvalue weighted by molar-refractivity contribution is 0.398. The van der Waals surface area contributed by atoms with Crippen LogP contribution in [-0.4, -0.2) is 29.2 Å². The Labute approximate surface area is 164 Å². The molecular weight excluding hydrogens is 350 g/mol. The van der Waals surface area contributed by atoms with Crippen LogP contribution < -0.4 is 9.47 Å². The zero-order valence-corrected chi connectivity index (χ0v) is 16.4. The Morgan fingerprint density at radius 1 is 0.821 bits per heavy atom. The first-order chi connectivity index (χ1) is 13.6. The Kier molecular flexibility index (Phi) is 4.65. The first kappa shape index (κ1) is 17.9. The number of hydrogen-bond acceptors (Lipinski definition) is 5. The molecule has 0 atom stereocenters. The van der Waals surface area contributed by atoms with Crippen molar-refractivity contribution in [3.05, 3.63) is 66.1 Å². The number of aromatic nitrogens is 3. The summed E-state index contributed by atoms with van der Waals surface area (Å²) in [6.45, 7) is 3.99. The van der Waals surface area contributed by atoms with E-state index in [1.807, 2.05) is 31.2 Å². The number of ether oxygens (including phenoxy) is 2. The fraction of sp³-hybridized carbons (Fsp3) is 0.174. The highest BCUT2D eigenvalue weighted by Crippen LogP contribution is 2.37. The molecule has 5 heteroatoms. The van der Waals surface area contributed by atoms with Crippen molar-refractivity contribution in [3.63, 3.8) is 0 Å². The molecule has 0 radical (unpaired) electrons. The van der Waals surface area contributed by atoms with Gasteiger partial charge in [0.1, 0.15) is 11.6 Å². The molecule has 0 aliphatic heterocycles. The Morgan fingerprint density at radius 2 is 1.68 bits per heavy atom. The fourth-order valence-corrected chi connectivity index (χ4v) is 3.37. The number of pyridine rings is 1. The number of methoxy groups -OCH3 is 2. The third-order valence-corrected chi connectivity index (χ3v) is 4.68. The molecule has 0 bridgehead atoms. The van der Waals surface area contributed by atoms with Crippen LogP contribution in [0.3, 0.4) is 0 Å². The molecule has 5 nitrogen and oxygen atoms in total. The smallest absolute Gasteiger partial charge is 0.213 e. The standard InChI is InChI=1S/C23H21N3O2/c1-14-6-5-7-17(10-14)23-19-12-18(16-8-9-24-22(11-16)28-4)21(27-3)13-20(19)25-15(2)26-23/h5-13H,1-4H3. The van der Waals surface area contributed by atoms with E-state index >= 15 is 0 Å². The Balaban J connectivity index is 2.01. The summed E-state index contributed by atoms with van der Waals surface area (Å²) in [5, 5.41) is 0.975. The molecule has 0 saturated heterocycles. The largest absolute Gasteiger partial charge is 0.496 e. The van der Waals surface area contributed by atoms with E-state index in [2.05, 4.69) is 41.2 Å². The van der Waals surface area contributed by atoms with Gasteiger partial charge >= 0.3 is 0 Å². The zero-order chi connectivity index (χ0) is 19.7. The summed E-state index contributed by atoms with van der Waals surface area (Å²) in [7, 11) is 3.27. The summed E-state index contributed by atoms with van der Waals surface area (Å²) < 4.78 is 10.9. The summed E-state index contributed by atoms with van der Waals surface area (Å²) in [5.74, 6) is 2.03. The Morgan fingerprint density at radius 3 is 2.43 bits per heavy atom. The summed E-state index contributed by atoms with van der Waals surface area (Å²) in [5.41, 5.74) is 5.92. The highest BCUT2D eigenvalue weighted by molar-refractivity contribution is 5.97. The molecule has 0 unspecified atom stereocenters. The Bertz CT molecular complexity index is 1170. The maximum Gasteiger partial charge on any atom is 0.213 e. The zero-order valence-electron chi connectivity index (χ0n) is 16.4. The Hall–Kier alpha value is -3.47. The molecule has 0 aliphatic rings. The van der Waals surface area contributed by atoms with Crippen LogP contribution >= 0.6 is 0 Å². The van der Waals surface area contributed by atoms with E-state index in [1.54, 1.807) is 20.4 Å². The van der Waals surface area contributed by atoms with Crippen molar-refractivity contribution in [2.45, 2.75) is 13.8 Å². The minimum atomic E-state index is 0.554. The molecule has 0 saturated carbocycles. The monoisotopic (exact) mass is 371 g/mol. The highest BCUT2D eigenvalue weighted by atomic mass is 16.5. The summed E-state index contributed by atoms with van der Waals surface area (Å²) in [4.78, 5) is 13.6. The number of hydrogen-bond donors (Lipinski definition) is 0. The molecule has 2 aromatic heterocycles. The van der Waals surface area contributed by atoms with Crippen molar-refractivity contribution < 1.29 is 9.47 Å². The molecule has 28 heavy (non-hydrogen) atoms. The second-order valence-electron chi connectivity index (χ2n) is 6.65. The summed E-state index contributed by atoms with van der Waals surface area (Å²) in [6, 6.07) is 16.2. The van der Waals surface area contributed by atoms with Gasteiger partial charge in [-0.3, -0.25) is 0 Å². The lowest BCUT2D eigenvalue weighted by Gasteiger charge is -2.14. The average Bonchev–Trinajstić information content (AvgIpc) is 2.72. The molecule has 4 rings (SSSR count). The molecule has 4 aromatic rings. The lowest BCUT2D eigenvalue weighted by atomic mass is 9.99. The van der Waals surface area contributed by atoms with Crippen LogP contribution in [-0.2, 0) is 0 Å². The van der Waals surface area contributed by atoms with Crippen LogP contribution in [0.25, 0.3) is 33.3 Å². The minimum absolute atomic E-state index is 0.554. The summed E-state index contributed by atoms with van der Waals surface area (Å²) >= 11 is 0. The highest BCUT2D eigenvalue weighted by Gasteiger charge is 2.15. The van der Waals surface area contributed by atoms with Gasteiger partial charge in [0.15, 0.2) is 0 Å². The van der Waals surface area contributed by atoms with Gasteiger partial charge in [0.05, 0.1) is 25.4 Å². The normalized spacial score (nSPS) is 10.9. The second-order valence-corrected chi connectivity index (χ2v) is 6.65. The van der Waals surface area contributed by atoms with E-state index in [0.717, 1.165) is 44.9 Å². The van der Waals surface area contributed by atoms with Crippen molar-refractivity contribution in [3.8, 4) is 34.0 Å². The van der Waals surface area contributed by atoms with E-state index in [1.165, 1.54) is 5.56 Å². The third-order valence-electron chi connectivity index (χ3n) is 4.68. The van der Waals surface area contributed by atoms with Crippen LogP contribution in [0, 0.1) is 13.8 Å². The molecule has 2 heterocycles. The number of nitrogens with zero attached hydrogens (tertiary/aromatic N) is 3. The molecular formula is C23H21N3O2. The van der Waals surface area contributed by atoms with Gasteiger partial charge in [0.2, 0.25) is 5.88 Å². The van der Waals surface area contributed by atoms with Gasteiger partial charge < -0.3 is 9.47 Å². The first-order valence-corrected chi connectivity index (χ1v) is 9.03. The van der Waals surface area contributed by atoms with E-state index in [9.17, 15) is 0 Å². The van der Waals surface area contributed by atoms with Crippen molar-refractivity contribution >= 4 is 10.9 Å². The summed E-state index contributed by atoms with van der Waals surface area (Å²) in [6.07, 6.45) is 1.73. The van der Waals surface area contributed by atoms with Gasteiger partial charge in [-0.2, -0.15) is 0 Å². The van der Waals surface area contributed by atoms with E-state index in [-0.39, 0.29) is 0 Å². The maximum absolute atomic E-state index is 5.66. The van der Waals surface area contributed by atoms with Crippen molar-refractivity contribution in [1.82, 2.24) is 15.0 Å². The molecule has 0 spiro atoms. The van der Waals surface area contributed by atoms with Crippen molar-refractivity contribution in [2.75, 3.05) is 14.2 Å². The molecule has 0 fully saturated rings. The van der Waals surface area contributed by atoms with Crippen LogP contribution in [0.15, 0.2) is 54.7 Å². The van der Waals surface area contributed by atoms with E-state index in [4.69, 9.17) is 14.5 Å². The van der Waals surface area contributed by atoms with Crippen molar-refractivity contribution in [2.24, 2.45) is 0 Å². The van der Waals surface area contributed by atoms with E-state index < -0.39 is 0 Å². The number of benzene rings is 2. The quantitative estimate of drug-likeness (QED) is 0.506. The first-order valence-electron chi connectivity index (χ1n) is 9.03. The maximum atomic E-state index is 5.66. The molecule has 0 aliphatic carbocycles. The van der Waals surface area contributed by atoms with Gasteiger partial charge in [-0.15, -0.1) is 0 Å². The minimum Gasteiger partial charge on any atom is -0.496 e. The van der Waals surface area contributed by atoms with E-state index in [0.29, 0.717) is 5.88 Å². The fourth-order valence-electron chi connectivity index (χ4n) is 3.37. The number of rotatable bonds is 4. The average molecular weight is 371 g/mol. The molecule has 140 valence electrons. The predicted molar refractivity (Wildman–Crippen MR) is 111 cm³/mol. The molecule has 0 amide bonds. The van der Waals surface area contributed by atoms with Gasteiger partial charge in [-0.1, -0.05) is 23.8 Å². The van der Waals surface area contributed by atoms with Gasteiger partial charge in [0.25, 0.3) is 0 Å². The predicted octanol–water partition coefficient (Wildman–Crippen LogP) is 4.99. The molecule has 2 aromatic carbocycles. The van der Waals surface area contributed by atoms with Gasteiger partial charge in [-0.25, -0.2) is 15.0 Å². The van der Waals surface area contributed by atoms with Crippen molar-refractivity contribution in [1.29, 1.82) is 0 Å². The lowest BCUT2D eigenvalue weighted by Crippen LogP contribution is -1.97. The van der Waals surface area contributed by atoms with Crippen LogP contribution in [0.2, 0.25) is 0 Å². The van der Waals surface area contributed by atoms with Gasteiger partial charge in [0, 0.05) is 34.8 Å². The number of fused-ring (bicyclic) bond motifs is 1.